The smallest absolute Gasteiger partial charge is 0.191 e. The molecule has 104 valence electrons. The molecule has 0 aliphatic rings. The standard InChI is InChI=1S/C16H29NO/c1-5-7-9-10-12-16(4,11-8-6-2)15-13-17-14(3)18-15/h13H,5-12H2,1-4H3. The third-order valence-electron chi connectivity index (χ3n) is 3.88. The van der Waals surface area contributed by atoms with Gasteiger partial charge in [-0.25, -0.2) is 4.98 Å². The summed E-state index contributed by atoms with van der Waals surface area (Å²) in [5.41, 5.74) is 0.186. The molecule has 0 N–H and O–H groups in total. The predicted octanol–water partition coefficient (Wildman–Crippen LogP) is 5.40. The maximum atomic E-state index is 5.79. The molecule has 0 bridgehead atoms. The number of nitrogens with zero attached hydrogens (tertiary/aromatic N) is 1. The molecular weight excluding hydrogens is 222 g/mol. The van der Waals surface area contributed by atoms with Crippen LogP contribution in [0.15, 0.2) is 10.6 Å². The quantitative estimate of drug-likeness (QED) is 0.549. The first-order valence-electron chi connectivity index (χ1n) is 7.55. The zero-order chi connectivity index (χ0) is 13.4. The van der Waals surface area contributed by atoms with E-state index in [9.17, 15) is 0 Å². The average Bonchev–Trinajstić information content (AvgIpc) is 2.80. The van der Waals surface area contributed by atoms with Gasteiger partial charge in [-0.15, -0.1) is 0 Å². The van der Waals surface area contributed by atoms with Gasteiger partial charge in [0.2, 0.25) is 0 Å². The Balaban J connectivity index is 2.62. The van der Waals surface area contributed by atoms with Crippen LogP contribution in [0.25, 0.3) is 0 Å². The summed E-state index contributed by atoms with van der Waals surface area (Å²) in [6.45, 7) is 8.79. The Labute approximate surface area is 112 Å². The van der Waals surface area contributed by atoms with Crippen molar-refractivity contribution in [2.45, 2.75) is 84.5 Å². The van der Waals surface area contributed by atoms with Gasteiger partial charge in [-0.2, -0.15) is 0 Å². The first-order valence-corrected chi connectivity index (χ1v) is 7.55. The van der Waals surface area contributed by atoms with Crippen molar-refractivity contribution in [1.29, 1.82) is 0 Å². The molecular formula is C16H29NO. The van der Waals surface area contributed by atoms with Gasteiger partial charge in [0.05, 0.1) is 6.20 Å². The molecule has 1 aromatic rings. The van der Waals surface area contributed by atoms with Crippen molar-refractivity contribution in [3.8, 4) is 0 Å². The van der Waals surface area contributed by atoms with Crippen LogP contribution in [-0.4, -0.2) is 4.98 Å². The van der Waals surface area contributed by atoms with E-state index < -0.39 is 0 Å². The maximum Gasteiger partial charge on any atom is 0.191 e. The largest absolute Gasteiger partial charge is 0.445 e. The van der Waals surface area contributed by atoms with Crippen LogP contribution in [-0.2, 0) is 5.41 Å². The van der Waals surface area contributed by atoms with E-state index in [1.54, 1.807) is 0 Å². The van der Waals surface area contributed by atoms with Gasteiger partial charge >= 0.3 is 0 Å². The second kappa shape index (κ2) is 7.60. The van der Waals surface area contributed by atoms with Gasteiger partial charge in [-0.05, 0) is 12.8 Å². The molecule has 1 aromatic heterocycles. The molecule has 0 fully saturated rings. The van der Waals surface area contributed by atoms with E-state index in [2.05, 4.69) is 25.8 Å². The zero-order valence-corrected chi connectivity index (χ0v) is 12.6. The Morgan fingerprint density at radius 2 is 1.72 bits per heavy atom. The molecule has 1 rings (SSSR count). The molecule has 0 aliphatic carbocycles. The van der Waals surface area contributed by atoms with Gasteiger partial charge in [0.1, 0.15) is 5.76 Å². The first kappa shape index (κ1) is 15.3. The molecule has 0 saturated carbocycles. The molecule has 0 aromatic carbocycles. The molecule has 2 heteroatoms. The van der Waals surface area contributed by atoms with Gasteiger partial charge in [-0.3, -0.25) is 0 Å². The van der Waals surface area contributed by atoms with Crippen LogP contribution in [0, 0.1) is 6.92 Å². The second-order valence-corrected chi connectivity index (χ2v) is 5.72. The fourth-order valence-corrected chi connectivity index (χ4v) is 2.52. The molecule has 1 heterocycles. The molecule has 0 amide bonds. The molecule has 0 spiro atoms. The SMILES string of the molecule is CCCCCCC(C)(CCCC)c1cnc(C)o1. The minimum atomic E-state index is 0.186. The van der Waals surface area contributed by atoms with Crippen LogP contribution in [0.5, 0.6) is 0 Å². The van der Waals surface area contributed by atoms with E-state index in [4.69, 9.17) is 4.42 Å². The minimum Gasteiger partial charge on any atom is -0.445 e. The number of hydrogen-bond acceptors (Lipinski definition) is 2. The highest BCUT2D eigenvalue weighted by molar-refractivity contribution is 5.09. The number of rotatable bonds is 9. The maximum absolute atomic E-state index is 5.79. The summed E-state index contributed by atoms with van der Waals surface area (Å²) in [7, 11) is 0. The Hall–Kier alpha value is -0.790. The van der Waals surface area contributed by atoms with Crippen molar-refractivity contribution in [3.63, 3.8) is 0 Å². The highest BCUT2D eigenvalue weighted by Crippen LogP contribution is 2.35. The van der Waals surface area contributed by atoms with Crippen molar-refractivity contribution < 1.29 is 4.42 Å². The zero-order valence-electron chi connectivity index (χ0n) is 12.6. The van der Waals surface area contributed by atoms with Crippen LogP contribution < -0.4 is 0 Å². The van der Waals surface area contributed by atoms with Crippen molar-refractivity contribution >= 4 is 0 Å². The molecule has 1 unspecified atom stereocenters. The molecule has 1 atom stereocenters. The number of aryl methyl sites for hydroxylation is 1. The first-order chi connectivity index (χ1) is 8.62. The normalized spacial score (nSPS) is 14.7. The molecule has 0 aliphatic heterocycles. The Kier molecular flexibility index (Phi) is 6.45. The lowest BCUT2D eigenvalue weighted by Crippen LogP contribution is -2.21. The van der Waals surface area contributed by atoms with Crippen LogP contribution in [0.2, 0.25) is 0 Å². The van der Waals surface area contributed by atoms with E-state index >= 15 is 0 Å². The Morgan fingerprint density at radius 1 is 1.06 bits per heavy atom. The highest BCUT2D eigenvalue weighted by Gasteiger charge is 2.29. The van der Waals surface area contributed by atoms with E-state index in [-0.39, 0.29) is 5.41 Å². The van der Waals surface area contributed by atoms with E-state index in [0.29, 0.717) is 0 Å². The summed E-state index contributed by atoms with van der Waals surface area (Å²) >= 11 is 0. The van der Waals surface area contributed by atoms with Crippen molar-refractivity contribution in [2.75, 3.05) is 0 Å². The average molecular weight is 251 g/mol. The molecule has 2 nitrogen and oxygen atoms in total. The third-order valence-corrected chi connectivity index (χ3v) is 3.88. The summed E-state index contributed by atoms with van der Waals surface area (Å²) < 4.78 is 5.79. The number of aromatic nitrogens is 1. The summed E-state index contributed by atoms with van der Waals surface area (Å²) in [4.78, 5) is 4.27. The summed E-state index contributed by atoms with van der Waals surface area (Å²) in [6.07, 6.45) is 12.2. The van der Waals surface area contributed by atoms with E-state index in [1.165, 1.54) is 51.4 Å². The molecule has 0 saturated heterocycles. The van der Waals surface area contributed by atoms with Crippen LogP contribution in [0.4, 0.5) is 0 Å². The lowest BCUT2D eigenvalue weighted by molar-refractivity contribution is 0.295. The van der Waals surface area contributed by atoms with Crippen LogP contribution in [0.3, 0.4) is 0 Å². The second-order valence-electron chi connectivity index (χ2n) is 5.72. The van der Waals surface area contributed by atoms with E-state index in [0.717, 1.165) is 11.7 Å². The highest BCUT2D eigenvalue weighted by atomic mass is 16.4. The number of oxazole rings is 1. The fraction of sp³-hybridized carbons (Fsp3) is 0.812. The topological polar surface area (TPSA) is 26.0 Å². The van der Waals surface area contributed by atoms with Crippen molar-refractivity contribution in [2.24, 2.45) is 0 Å². The summed E-state index contributed by atoms with van der Waals surface area (Å²) in [5, 5.41) is 0. The van der Waals surface area contributed by atoms with Crippen molar-refractivity contribution in [1.82, 2.24) is 4.98 Å². The monoisotopic (exact) mass is 251 g/mol. The summed E-state index contributed by atoms with van der Waals surface area (Å²) in [5.74, 6) is 1.88. The van der Waals surface area contributed by atoms with Crippen LogP contribution >= 0.6 is 0 Å². The van der Waals surface area contributed by atoms with Gasteiger partial charge in [0, 0.05) is 12.3 Å². The number of unbranched alkanes of at least 4 members (excludes halogenated alkanes) is 4. The predicted molar refractivity (Wildman–Crippen MR) is 76.9 cm³/mol. The van der Waals surface area contributed by atoms with Gasteiger partial charge in [0.25, 0.3) is 0 Å². The Morgan fingerprint density at radius 3 is 2.28 bits per heavy atom. The minimum absolute atomic E-state index is 0.186. The lowest BCUT2D eigenvalue weighted by Gasteiger charge is -2.27. The van der Waals surface area contributed by atoms with Gasteiger partial charge < -0.3 is 4.42 Å². The molecule has 18 heavy (non-hydrogen) atoms. The van der Waals surface area contributed by atoms with E-state index in [1.807, 2.05) is 13.1 Å². The lowest BCUT2D eigenvalue weighted by atomic mass is 9.78. The third kappa shape index (κ3) is 4.47. The summed E-state index contributed by atoms with van der Waals surface area (Å²) in [6, 6.07) is 0. The molecule has 0 radical (unpaired) electrons. The van der Waals surface area contributed by atoms with Crippen LogP contribution in [0.1, 0.15) is 83.8 Å². The Bertz CT molecular complexity index is 332. The number of hydrogen-bond donors (Lipinski definition) is 0. The fourth-order valence-electron chi connectivity index (χ4n) is 2.52. The van der Waals surface area contributed by atoms with Crippen molar-refractivity contribution in [3.05, 3.63) is 17.8 Å². The van der Waals surface area contributed by atoms with Gasteiger partial charge in [0.15, 0.2) is 5.89 Å². The van der Waals surface area contributed by atoms with Gasteiger partial charge in [-0.1, -0.05) is 59.3 Å².